The van der Waals surface area contributed by atoms with Gasteiger partial charge in [-0.25, -0.2) is 0 Å². The van der Waals surface area contributed by atoms with Crippen LogP contribution in [0.3, 0.4) is 0 Å². The van der Waals surface area contributed by atoms with E-state index >= 15 is 0 Å². The van der Waals surface area contributed by atoms with Crippen LogP contribution in [0.2, 0.25) is 0 Å². The van der Waals surface area contributed by atoms with Crippen LogP contribution in [0.4, 0.5) is 0 Å². The van der Waals surface area contributed by atoms with Crippen molar-refractivity contribution in [1.29, 1.82) is 0 Å². The predicted molar refractivity (Wildman–Crippen MR) is 103 cm³/mol. The molecule has 5 heteroatoms. The summed E-state index contributed by atoms with van der Waals surface area (Å²) >= 11 is 1.29. The lowest BCUT2D eigenvalue weighted by molar-refractivity contribution is 0.102. The van der Waals surface area contributed by atoms with Gasteiger partial charge in [-0.1, -0.05) is 30.0 Å². The average molecular weight is 364 g/mol. The summed E-state index contributed by atoms with van der Waals surface area (Å²) in [5.41, 5.74) is 6.77. The Kier molecular flexibility index (Phi) is 4.64. The van der Waals surface area contributed by atoms with Gasteiger partial charge in [0.25, 0.3) is 5.22 Å². The van der Waals surface area contributed by atoms with Crippen LogP contribution < -0.4 is 0 Å². The summed E-state index contributed by atoms with van der Waals surface area (Å²) in [5.74, 6) is 0.879. The lowest BCUT2D eigenvalue weighted by Crippen LogP contribution is -2.03. The molecule has 1 aliphatic carbocycles. The van der Waals surface area contributed by atoms with Crippen LogP contribution in [0.1, 0.15) is 39.0 Å². The zero-order valence-corrected chi connectivity index (χ0v) is 15.7. The molecule has 1 aromatic heterocycles. The largest absolute Gasteiger partial charge is 0.411 e. The molecule has 0 spiro atoms. The number of benzene rings is 2. The van der Waals surface area contributed by atoms with Gasteiger partial charge in [-0.05, 0) is 73.6 Å². The van der Waals surface area contributed by atoms with E-state index in [0.717, 1.165) is 24.0 Å². The van der Waals surface area contributed by atoms with Crippen molar-refractivity contribution in [2.24, 2.45) is 0 Å². The highest BCUT2D eigenvalue weighted by molar-refractivity contribution is 7.99. The topological polar surface area (TPSA) is 56.0 Å². The summed E-state index contributed by atoms with van der Waals surface area (Å²) in [6.45, 7) is 4.12. The average Bonchev–Trinajstić information content (AvgIpc) is 3.30. The van der Waals surface area contributed by atoms with E-state index < -0.39 is 0 Å². The van der Waals surface area contributed by atoms with Crippen molar-refractivity contribution in [3.63, 3.8) is 0 Å². The van der Waals surface area contributed by atoms with Gasteiger partial charge in [0.2, 0.25) is 5.89 Å². The molecule has 1 heterocycles. The molecule has 2 aromatic carbocycles. The molecule has 0 saturated carbocycles. The number of aromatic nitrogens is 2. The second-order valence-corrected chi connectivity index (χ2v) is 7.65. The third-order valence-corrected chi connectivity index (χ3v) is 5.73. The highest BCUT2D eigenvalue weighted by Gasteiger charge is 2.16. The zero-order valence-electron chi connectivity index (χ0n) is 14.9. The molecule has 0 unspecified atom stereocenters. The highest BCUT2D eigenvalue weighted by atomic mass is 32.2. The molecule has 0 N–H and O–H groups in total. The summed E-state index contributed by atoms with van der Waals surface area (Å²) in [5, 5.41) is 8.59. The van der Waals surface area contributed by atoms with Crippen molar-refractivity contribution in [3.05, 3.63) is 64.2 Å². The van der Waals surface area contributed by atoms with E-state index in [4.69, 9.17) is 4.42 Å². The van der Waals surface area contributed by atoms with Crippen LogP contribution in [0.15, 0.2) is 46.0 Å². The Labute approximate surface area is 157 Å². The quantitative estimate of drug-likeness (QED) is 0.480. The fourth-order valence-corrected chi connectivity index (χ4v) is 3.87. The monoisotopic (exact) mass is 364 g/mol. The molecule has 0 bridgehead atoms. The van der Waals surface area contributed by atoms with Gasteiger partial charge in [0.1, 0.15) is 0 Å². The van der Waals surface area contributed by atoms with E-state index in [9.17, 15) is 4.79 Å². The van der Waals surface area contributed by atoms with E-state index in [1.54, 1.807) is 0 Å². The molecule has 0 aliphatic heterocycles. The molecular formula is C21H20N2O2S. The lowest BCUT2D eigenvalue weighted by Gasteiger charge is -2.03. The van der Waals surface area contributed by atoms with Crippen molar-refractivity contribution in [2.75, 3.05) is 5.75 Å². The first-order chi connectivity index (χ1) is 12.6. The molecule has 132 valence electrons. The summed E-state index contributed by atoms with van der Waals surface area (Å²) in [6, 6.07) is 12.1. The number of hydrogen-bond acceptors (Lipinski definition) is 5. The molecule has 0 amide bonds. The number of rotatable bonds is 5. The SMILES string of the molecule is Cc1ccc(-c2nnc(SCC(=O)c3ccc4c(c3)CCC4)o2)cc1C. The normalized spacial score (nSPS) is 13.0. The molecule has 0 radical (unpaired) electrons. The maximum absolute atomic E-state index is 12.5. The van der Waals surface area contributed by atoms with Gasteiger partial charge in [0.05, 0.1) is 5.75 Å². The number of hydrogen-bond donors (Lipinski definition) is 0. The molecular weight excluding hydrogens is 344 g/mol. The Morgan fingerprint density at radius 2 is 1.88 bits per heavy atom. The van der Waals surface area contributed by atoms with Gasteiger partial charge < -0.3 is 4.42 Å². The molecule has 0 atom stereocenters. The maximum atomic E-state index is 12.5. The molecule has 3 aromatic rings. The Bertz CT molecular complexity index is 978. The van der Waals surface area contributed by atoms with Crippen molar-refractivity contribution >= 4 is 17.5 Å². The third kappa shape index (κ3) is 3.44. The number of fused-ring (bicyclic) bond motifs is 1. The Morgan fingerprint density at radius 3 is 2.73 bits per heavy atom. The second kappa shape index (κ2) is 7.08. The Hall–Kier alpha value is -2.40. The standard InChI is InChI=1S/C21H20N2O2S/c1-13-6-7-18(10-14(13)2)20-22-23-21(25-20)26-12-19(24)17-9-8-15-4-3-5-16(15)11-17/h6-11H,3-5,12H2,1-2H3. The minimum atomic E-state index is 0.0932. The number of Topliss-reactive ketones (excluding diaryl/α,β-unsaturated/α-hetero) is 1. The number of carbonyl (C=O) groups is 1. The van der Waals surface area contributed by atoms with Gasteiger partial charge >= 0.3 is 0 Å². The van der Waals surface area contributed by atoms with E-state index in [1.807, 2.05) is 30.3 Å². The fraction of sp³-hybridized carbons (Fsp3) is 0.286. The van der Waals surface area contributed by atoms with Crippen molar-refractivity contribution in [3.8, 4) is 11.5 Å². The smallest absolute Gasteiger partial charge is 0.277 e. The van der Waals surface area contributed by atoms with Crippen LogP contribution in [0.25, 0.3) is 11.5 Å². The summed E-state index contributed by atoms with van der Waals surface area (Å²) in [4.78, 5) is 12.5. The number of thioether (sulfide) groups is 1. The first kappa shape index (κ1) is 17.0. The summed E-state index contributed by atoms with van der Waals surface area (Å²) < 4.78 is 5.71. The van der Waals surface area contributed by atoms with Crippen LogP contribution >= 0.6 is 11.8 Å². The molecule has 4 nitrogen and oxygen atoms in total. The highest BCUT2D eigenvalue weighted by Crippen LogP contribution is 2.27. The molecule has 26 heavy (non-hydrogen) atoms. The van der Waals surface area contributed by atoms with E-state index in [1.165, 1.54) is 40.4 Å². The Balaban J connectivity index is 1.43. The molecule has 1 aliphatic rings. The molecule has 0 saturated heterocycles. The van der Waals surface area contributed by atoms with Gasteiger partial charge in [-0.3, -0.25) is 4.79 Å². The maximum Gasteiger partial charge on any atom is 0.277 e. The third-order valence-electron chi connectivity index (χ3n) is 4.91. The minimum absolute atomic E-state index is 0.0932. The van der Waals surface area contributed by atoms with Gasteiger partial charge in [-0.15, -0.1) is 10.2 Å². The second-order valence-electron chi connectivity index (χ2n) is 6.72. The molecule has 0 fully saturated rings. The minimum Gasteiger partial charge on any atom is -0.411 e. The van der Waals surface area contributed by atoms with Gasteiger partial charge in [0.15, 0.2) is 5.78 Å². The van der Waals surface area contributed by atoms with E-state index in [2.05, 4.69) is 30.1 Å². The van der Waals surface area contributed by atoms with E-state index in [-0.39, 0.29) is 5.78 Å². The predicted octanol–water partition coefficient (Wildman–Crippen LogP) is 4.82. The zero-order chi connectivity index (χ0) is 18.1. The van der Waals surface area contributed by atoms with Crippen LogP contribution in [-0.4, -0.2) is 21.7 Å². The van der Waals surface area contributed by atoms with Crippen LogP contribution in [0.5, 0.6) is 0 Å². The number of nitrogens with zero attached hydrogens (tertiary/aromatic N) is 2. The summed E-state index contributed by atoms with van der Waals surface area (Å²) in [6.07, 6.45) is 3.39. The van der Waals surface area contributed by atoms with Crippen LogP contribution in [0, 0.1) is 13.8 Å². The number of carbonyl (C=O) groups excluding carboxylic acids is 1. The number of aryl methyl sites for hydroxylation is 4. The van der Waals surface area contributed by atoms with Gasteiger partial charge in [-0.2, -0.15) is 0 Å². The van der Waals surface area contributed by atoms with E-state index in [0.29, 0.717) is 16.9 Å². The lowest BCUT2D eigenvalue weighted by atomic mass is 10.0. The Morgan fingerprint density at radius 1 is 1.04 bits per heavy atom. The van der Waals surface area contributed by atoms with Crippen molar-refractivity contribution < 1.29 is 9.21 Å². The first-order valence-electron chi connectivity index (χ1n) is 8.79. The fourth-order valence-electron chi connectivity index (χ4n) is 3.22. The van der Waals surface area contributed by atoms with Gasteiger partial charge in [0, 0.05) is 11.1 Å². The van der Waals surface area contributed by atoms with Crippen LogP contribution in [-0.2, 0) is 12.8 Å². The first-order valence-corrected chi connectivity index (χ1v) is 9.77. The molecule has 4 rings (SSSR count). The number of ketones is 1. The summed E-state index contributed by atoms with van der Waals surface area (Å²) in [7, 11) is 0. The van der Waals surface area contributed by atoms with Crippen molar-refractivity contribution in [1.82, 2.24) is 10.2 Å². The van der Waals surface area contributed by atoms with Crippen molar-refractivity contribution in [2.45, 2.75) is 38.3 Å².